The van der Waals surface area contributed by atoms with Crippen molar-refractivity contribution >= 4 is 15.7 Å². The summed E-state index contributed by atoms with van der Waals surface area (Å²) in [7, 11) is 6.60. The van der Waals surface area contributed by atoms with Gasteiger partial charge in [-0.15, -0.1) is 0 Å². The van der Waals surface area contributed by atoms with Gasteiger partial charge in [-0.1, -0.05) is 24.8 Å². The summed E-state index contributed by atoms with van der Waals surface area (Å²) in [4.78, 5) is 0. The van der Waals surface area contributed by atoms with E-state index < -0.39 is 34.9 Å². The van der Waals surface area contributed by atoms with Crippen LogP contribution in [-0.2, 0) is 12.6 Å². The smallest absolute Gasteiger partial charge is 0.194 e. The van der Waals surface area contributed by atoms with Gasteiger partial charge in [-0.05, 0) is 69.8 Å². The number of hydrogen-bond donors (Lipinski definition) is 0. The first-order valence-electron chi connectivity index (χ1n) is 11.9. The molecule has 4 rings (SSSR count). The summed E-state index contributed by atoms with van der Waals surface area (Å²) in [6, 6.07) is 10.2. The number of methoxy groups -OCH3 is 2. The van der Waals surface area contributed by atoms with Crippen molar-refractivity contribution in [3.63, 3.8) is 0 Å². The molecule has 0 amide bonds. The highest BCUT2D eigenvalue weighted by Crippen LogP contribution is 2.47. The number of hydrogen-bond acceptors (Lipinski definition) is 2. The van der Waals surface area contributed by atoms with E-state index >= 15 is 0 Å². The Hall–Kier alpha value is -3.81. The third-order valence-corrected chi connectivity index (χ3v) is 6.54. The Labute approximate surface area is 218 Å². The van der Waals surface area contributed by atoms with E-state index in [1.165, 1.54) is 14.2 Å². The zero-order valence-corrected chi connectivity index (χ0v) is 21.1. The molecular weight excluding hydrogens is 504 g/mol. The Morgan fingerprint density at radius 3 is 1.13 bits per heavy atom. The molecule has 4 aromatic carbocycles. The largest absolute Gasteiger partial charge is 0.496 e. The predicted octanol–water partition coefficient (Wildman–Crippen LogP) is 5.81. The molecule has 0 unspecified atom stereocenters. The number of benzene rings is 4. The second-order valence-electron chi connectivity index (χ2n) is 8.55. The second kappa shape index (κ2) is 10.9. The molecule has 0 aliphatic rings. The fourth-order valence-electron chi connectivity index (χ4n) is 4.84. The van der Waals surface area contributed by atoms with E-state index in [1.807, 2.05) is 15.7 Å². The monoisotopic (exact) mass is 526 g/mol. The van der Waals surface area contributed by atoms with Crippen LogP contribution in [-0.4, -0.2) is 29.9 Å². The van der Waals surface area contributed by atoms with Crippen molar-refractivity contribution in [3.05, 3.63) is 94.6 Å². The molecule has 10 heteroatoms. The standard InChI is InChI=1S/C28H22B2F6O2/c1-37-23-5-3-15(13-7-19(31)27(35)20(32)8-13)17(11-29)25(23)26-18(12-30)16(4-6-24(26)38-2)14-9-21(33)28(36)22(34)10-14/h3-10H,11-12,29-30H2,1-2H3. The highest BCUT2D eigenvalue weighted by atomic mass is 19.2. The topological polar surface area (TPSA) is 18.5 Å². The molecule has 2 nitrogen and oxygen atoms in total. The van der Waals surface area contributed by atoms with Crippen LogP contribution in [0.5, 0.6) is 11.5 Å². The van der Waals surface area contributed by atoms with Gasteiger partial charge in [0.05, 0.1) is 14.2 Å². The van der Waals surface area contributed by atoms with E-state index in [1.54, 1.807) is 24.3 Å². The van der Waals surface area contributed by atoms with Crippen molar-refractivity contribution in [3.8, 4) is 44.9 Å². The van der Waals surface area contributed by atoms with Crippen LogP contribution in [0.2, 0.25) is 0 Å². The molecule has 0 N–H and O–H groups in total. The van der Waals surface area contributed by atoms with Crippen LogP contribution in [0.1, 0.15) is 11.1 Å². The Kier molecular flexibility index (Phi) is 7.81. The van der Waals surface area contributed by atoms with Crippen molar-refractivity contribution in [2.24, 2.45) is 0 Å². The zero-order chi connectivity index (χ0) is 27.7. The minimum atomic E-state index is -1.57. The van der Waals surface area contributed by atoms with Gasteiger partial charge in [0.15, 0.2) is 34.9 Å². The number of rotatable bonds is 7. The first kappa shape index (κ1) is 27.2. The molecule has 0 spiro atoms. The van der Waals surface area contributed by atoms with Gasteiger partial charge in [0.2, 0.25) is 0 Å². The van der Waals surface area contributed by atoms with Crippen molar-refractivity contribution in [2.45, 2.75) is 12.6 Å². The van der Waals surface area contributed by atoms with Gasteiger partial charge in [0.25, 0.3) is 0 Å². The van der Waals surface area contributed by atoms with Gasteiger partial charge >= 0.3 is 0 Å². The first-order valence-corrected chi connectivity index (χ1v) is 11.9. The van der Waals surface area contributed by atoms with Gasteiger partial charge in [0, 0.05) is 11.1 Å². The highest BCUT2D eigenvalue weighted by molar-refractivity contribution is 6.12. The van der Waals surface area contributed by atoms with E-state index in [-0.39, 0.29) is 11.1 Å². The van der Waals surface area contributed by atoms with Crippen LogP contribution in [0.3, 0.4) is 0 Å². The van der Waals surface area contributed by atoms with Gasteiger partial charge < -0.3 is 9.47 Å². The molecule has 0 saturated carbocycles. The summed E-state index contributed by atoms with van der Waals surface area (Å²) >= 11 is 0. The van der Waals surface area contributed by atoms with Gasteiger partial charge in [-0.3, -0.25) is 0 Å². The summed E-state index contributed by atoms with van der Waals surface area (Å²) in [5.41, 5.74) is 3.44. The normalized spacial score (nSPS) is 11.1. The van der Waals surface area contributed by atoms with E-state index in [2.05, 4.69) is 0 Å². The fraction of sp³-hybridized carbons (Fsp3) is 0.143. The lowest BCUT2D eigenvalue weighted by atomic mass is 9.78. The minimum absolute atomic E-state index is 0.123. The first-order chi connectivity index (χ1) is 18.2. The molecule has 0 atom stereocenters. The van der Waals surface area contributed by atoms with Crippen LogP contribution < -0.4 is 9.47 Å². The molecule has 0 radical (unpaired) electrons. The molecule has 0 aliphatic heterocycles. The van der Waals surface area contributed by atoms with Gasteiger partial charge in [-0.2, -0.15) is 0 Å². The average molecular weight is 526 g/mol. The van der Waals surface area contributed by atoms with Crippen LogP contribution in [0.25, 0.3) is 33.4 Å². The SMILES string of the molecule is BCc1c(-c2cc(F)c(F)c(F)c2)ccc(OC)c1-c1c(OC)ccc(-c2cc(F)c(F)c(F)c2)c1CB. The fourth-order valence-corrected chi connectivity index (χ4v) is 4.84. The maximum Gasteiger partial charge on any atom is 0.194 e. The molecule has 0 aromatic heterocycles. The van der Waals surface area contributed by atoms with Crippen molar-refractivity contribution in [2.75, 3.05) is 14.2 Å². The third kappa shape index (κ3) is 4.64. The molecule has 194 valence electrons. The Bertz CT molecular complexity index is 1380. The molecule has 38 heavy (non-hydrogen) atoms. The van der Waals surface area contributed by atoms with E-state index in [9.17, 15) is 26.3 Å². The molecule has 0 fully saturated rings. The Balaban J connectivity index is 2.10. The lowest BCUT2D eigenvalue weighted by Crippen LogP contribution is -2.05. The Morgan fingerprint density at radius 2 is 0.868 bits per heavy atom. The van der Waals surface area contributed by atoms with Crippen molar-refractivity contribution in [1.82, 2.24) is 0 Å². The maximum absolute atomic E-state index is 14.2. The van der Waals surface area contributed by atoms with Crippen LogP contribution in [0.15, 0.2) is 48.5 Å². The number of ether oxygens (including phenoxy) is 2. The summed E-state index contributed by atoms with van der Waals surface area (Å²) in [6.45, 7) is 0. The van der Waals surface area contributed by atoms with Crippen molar-refractivity contribution < 1.29 is 35.8 Å². The van der Waals surface area contributed by atoms with Crippen LogP contribution in [0.4, 0.5) is 26.3 Å². The lowest BCUT2D eigenvalue weighted by Gasteiger charge is -2.24. The summed E-state index contributed by atoms with van der Waals surface area (Å²) in [5.74, 6) is -7.61. The zero-order valence-electron chi connectivity index (χ0n) is 21.1. The highest BCUT2D eigenvalue weighted by Gasteiger charge is 2.25. The lowest BCUT2D eigenvalue weighted by molar-refractivity contribution is 0.410. The maximum atomic E-state index is 14.2. The molecule has 0 saturated heterocycles. The van der Waals surface area contributed by atoms with Gasteiger partial charge in [0.1, 0.15) is 27.2 Å². The average Bonchev–Trinajstić information content (AvgIpc) is 2.92. The van der Waals surface area contributed by atoms with E-state index in [0.29, 0.717) is 57.5 Å². The van der Waals surface area contributed by atoms with Crippen LogP contribution in [0, 0.1) is 34.9 Å². The second-order valence-corrected chi connectivity index (χ2v) is 8.55. The van der Waals surface area contributed by atoms with E-state index in [4.69, 9.17) is 9.47 Å². The molecule has 0 bridgehead atoms. The summed E-state index contributed by atoms with van der Waals surface area (Å²) in [5, 5.41) is 0. The molecule has 0 heterocycles. The third-order valence-electron chi connectivity index (χ3n) is 6.54. The number of halogens is 6. The predicted molar refractivity (Wildman–Crippen MR) is 140 cm³/mol. The molecular formula is C28H22B2F6O2. The summed E-state index contributed by atoms with van der Waals surface area (Å²) in [6.07, 6.45) is 0.748. The van der Waals surface area contributed by atoms with Crippen molar-refractivity contribution in [1.29, 1.82) is 0 Å². The quantitative estimate of drug-likeness (QED) is 0.172. The minimum Gasteiger partial charge on any atom is -0.496 e. The Morgan fingerprint density at radius 1 is 0.553 bits per heavy atom. The van der Waals surface area contributed by atoms with Crippen LogP contribution >= 0.6 is 0 Å². The van der Waals surface area contributed by atoms with E-state index in [0.717, 1.165) is 24.3 Å². The molecule has 4 aromatic rings. The molecule has 0 aliphatic carbocycles. The van der Waals surface area contributed by atoms with Gasteiger partial charge in [-0.25, -0.2) is 26.3 Å². The summed E-state index contributed by atoms with van der Waals surface area (Å²) < 4.78 is 95.3.